The molecular weight excluding hydrogens is 322 g/mol. The van der Waals surface area contributed by atoms with Crippen LogP contribution in [-0.2, 0) is 6.54 Å². The zero-order valence-corrected chi connectivity index (χ0v) is 14.4. The maximum atomic E-state index is 11.7. The number of aliphatic hydroxyl groups excluding tert-OH is 1. The predicted octanol–water partition coefficient (Wildman–Crippen LogP) is 2.45. The van der Waals surface area contributed by atoms with Crippen molar-refractivity contribution in [3.05, 3.63) is 48.2 Å². The van der Waals surface area contributed by atoms with Crippen LogP contribution in [-0.4, -0.2) is 35.9 Å². The molecule has 3 N–H and O–H groups in total. The Morgan fingerprint density at radius 3 is 2.72 bits per heavy atom. The molecule has 2 aromatic rings. The summed E-state index contributed by atoms with van der Waals surface area (Å²) < 4.78 is 10.8. The van der Waals surface area contributed by atoms with Gasteiger partial charge in [-0.15, -0.1) is 0 Å². The van der Waals surface area contributed by atoms with Crippen LogP contribution in [0.25, 0.3) is 0 Å². The lowest BCUT2D eigenvalue weighted by atomic mass is 10.2. The Kier molecular flexibility index (Phi) is 7.03. The van der Waals surface area contributed by atoms with Crippen molar-refractivity contribution in [3.8, 4) is 17.4 Å². The second kappa shape index (κ2) is 9.48. The van der Waals surface area contributed by atoms with E-state index >= 15 is 0 Å². The lowest BCUT2D eigenvalue weighted by Crippen LogP contribution is -2.43. The summed E-state index contributed by atoms with van der Waals surface area (Å²) in [6.45, 7) is 2.15. The second-order valence-electron chi connectivity index (χ2n) is 5.40. The molecule has 134 valence electrons. The highest BCUT2D eigenvalue weighted by atomic mass is 16.5. The van der Waals surface area contributed by atoms with E-state index < -0.39 is 0 Å². The van der Waals surface area contributed by atoms with Gasteiger partial charge in [-0.1, -0.05) is 19.1 Å². The Morgan fingerprint density at radius 1 is 1.28 bits per heavy atom. The smallest absolute Gasteiger partial charge is 0.315 e. The molecule has 0 bridgehead atoms. The first kappa shape index (κ1) is 18.5. The Labute approximate surface area is 147 Å². The summed E-state index contributed by atoms with van der Waals surface area (Å²) in [4.78, 5) is 15.9. The van der Waals surface area contributed by atoms with E-state index in [0.717, 1.165) is 5.56 Å². The van der Waals surface area contributed by atoms with Crippen LogP contribution >= 0.6 is 0 Å². The number of urea groups is 1. The van der Waals surface area contributed by atoms with Gasteiger partial charge in [0, 0.05) is 24.9 Å². The van der Waals surface area contributed by atoms with Gasteiger partial charge in [-0.25, -0.2) is 9.78 Å². The zero-order chi connectivity index (χ0) is 18.1. The number of aliphatic hydroxyl groups is 1. The van der Waals surface area contributed by atoms with E-state index in [1.54, 1.807) is 25.4 Å². The molecule has 1 heterocycles. The second-order valence-corrected chi connectivity index (χ2v) is 5.40. The van der Waals surface area contributed by atoms with Gasteiger partial charge in [0.15, 0.2) is 0 Å². The summed E-state index contributed by atoms with van der Waals surface area (Å²) in [6, 6.07) is 10.3. The number of ether oxygens (including phenoxy) is 2. The van der Waals surface area contributed by atoms with Gasteiger partial charge in [-0.2, -0.15) is 0 Å². The molecule has 0 saturated heterocycles. The first-order valence-corrected chi connectivity index (χ1v) is 8.06. The Morgan fingerprint density at radius 2 is 2.08 bits per heavy atom. The van der Waals surface area contributed by atoms with Crippen LogP contribution < -0.4 is 20.1 Å². The topological polar surface area (TPSA) is 92.7 Å². The molecule has 0 aliphatic heterocycles. The van der Waals surface area contributed by atoms with E-state index in [0.29, 0.717) is 30.3 Å². The van der Waals surface area contributed by atoms with Gasteiger partial charge in [-0.3, -0.25) is 0 Å². The number of carbonyl (C=O) groups excluding carboxylic acids is 1. The summed E-state index contributed by atoms with van der Waals surface area (Å²) in [5.41, 5.74) is 0.838. The number of hydrogen-bond acceptors (Lipinski definition) is 5. The third-order valence-electron chi connectivity index (χ3n) is 3.56. The average molecular weight is 345 g/mol. The standard InChI is InChI=1S/C18H23N3O4/c1-3-14(12-22)21-18(23)20-11-13-7-8-17(19-10-13)25-16-6-4-5-15(9-16)24-2/h4-10,14,22H,3,11-12H2,1-2H3,(H2,20,21,23)/t14-/m0/s1. The highest BCUT2D eigenvalue weighted by molar-refractivity contribution is 5.74. The van der Waals surface area contributed by atoms with E-state index in [1.807, 2.05) is 31.2 Å². The van der Waals surface area contributed by atoms with E-state index in [1.165, 1.54) is 0 Å². The first-order chi connectivity index (χ1) is 12.1. The van der Waals surface area contributed by atoms with Crippen molar-refractivity contribution in [2.45, 2.75) is 25.9 Å². The van der Waals surface area contributed by atoms with E-state index in [9.17, 15) is 4.79 Å². The number of nitrogens with zero attached hydrogens (tertiary/aromatic N) is 1. The first-order valence-electron chi connectivity index (χ1n) is 8.06. The molecule has 0 saturated carbocycles. The van der Waals surface area contributed by atoms with Gasteiger partial charge in [0.1, 0.15) is 11.5 Å². The maximum absolute atomic E-state index is 11.7. The van der Waals surface area contributed by atoms with Crippen molar-refractivity contribution in [1.29, 1.82) is 0 Å². The van der Waals surface area contributed by atoms with Crippen LogP contribution in [0.15, 0.2) is 42.6 Å². The highest BCUT2D eigenvalue weighted by Crippen LogP contribution is 2.23. The number of methoxy groups -OCH3 is 1. The number of amides is 2. The van der Waals surface area contributed by atoms with Crippen LogP contribution in [0.5, 0.6) is 17.4 Å². The molecular formula is C18H23N3O4. The van der Waals surface area contributed by atoms with Gasteiger partial charge in [0.25, 0.3) is 0 Å². The zero-order valence-electron chi connectivity index (χ0n) is 14.4. The normalized spacial score (nSPS) is 11.5. The van der Waals surface area contributed by atoms with Crippen LogP contribution in [0.4, 0.5) is 4.79 Å². The summed E-state index contributed by atoms with van der Waals surface area (Å²) in [5.74, 6) is 1.79. The van der Waals surface area contributed by atoms with Gasteiger partial charge >= 0.3 is 6.03 Å². The number of pyridine rings is 1. The van der Waals surface area contributed by atoms with Gasteiger partial charge in [-0.05, 0) is 24.1 Å². The summed E-state index contributed by atoms with van der Waals surface area (Å²) >= 11 is 0. The fourth-order valence-corrected chi connectivity index (χ4v) is 2.06. The van der Waals surface area contributed by atoms with E-state index in [4.69, 9.17) is 14.6 Å². The molecule has 7 heteroatoms. The third kappa shape index (κ3) is 5.96. The SMILES string of the molecule is CC[C@@H](CO)NC(=O)NCc1ccc(Oc2cccc(OC)c2)nc1. The molecule has 0 fully saturated rings. The van der Waals surface area contributed by atoms with Crippen molar-refractivity contribution in [2.24, 2.45) is 0 Å². The summed E-state index contributed by atoms with van der Waals surface area (Å²) in [6.07, 6.45) is 2.31. The summed E-state index contributed by atoms with van der Waals surface area (Å²) in [5, 5.41) is 14.5. The van der Waals surface area contributed by atoms with Crippen molar-refractivity contribution < 1.29 is 19.4 Å². The van der Waals surface area contributed by atoms with E-state index in [-0.39, 0.29) is 18.7 Å². The minimum absolute atomic E-state index is 0.0816. The minimum Gasteiger partial charge on any atom is -0.497 e. The van der Waals surface area contributed by atoms with Crippen LogP contribution in [0.3, 0.4) is 0 Å². The van der Waals surface area contributed by atoms with Crippen molar-refractivity contribution in [3.63, 3.8) is 0 Å². The maximum Gasteiger partial charge on any atom is 0.315 e. The lowest BCUT2D eigenvalue weighted by Gasteiger charge is -2.14. The van der Waals surface area contributed by atoms with Crippen molar-refractivity contribution >= 4 is 6.03 Å². The molecule has 1 atom stereocenters. The number of benzene rings is 1. The molecule has 2 amide bonds. The molecule has 0 unspecified atom stereocenters. The molecule has 7 nitrogen and oxygen atoms in total. The quantitative estimate of drug-likeness (QED) is 0.683. The van der Waals surface area contributed by atoms with Gasteiger partial charge in [0.05, 0.1) is 19.8 Å². The highest BCUT2D eigenvalue weighted by Gasteiger charge is 2.08. The largest absolute Gasteiger partial charge is 0.497 e. The summed E-state index contributed by atoms with van der Waals surface area (Å²) in [7, 11) is 1.60. The number of rotatable bonds is 8. The Balaban J connectivity index is 1.86. The van der Waals surface area contributed by atoms with E-state index in [2.05, 4.69) is 15.6 Å². The molecule has 0 spiro atoms. The number of hydrogen-bond donors (Lipinski definition) is 3. The molecule has 0 aliphatic carbocycles. The predicted molar refractivity (Wildman–Crippen MR) is 93.8 cm³/mol. The lowest BCUT2D eigenvalue weighted by molar-refractivity contribution is 0.214. The molecule has 2 rings (SSSR count). The molecule has 25 heavy (non-hydrogen) atoms. The Hall–Kier alpha value is -2.80. The molecule has 1 aromatic carbocycles. The van der Waals surface area contributed by atoms with Crippen LogP contribution in [0, 0.1) is 0 Å². The van der Waals surface area contributed by atoms with Crippen LogP contribution in [0.2, 0.25) is 0 Å². The molecule has 1 aromatic heterocycles. The number of aromatic nitrogens is 1. The van der Waals surface area contributed by atoms with Gasteiger partial charge < -0.3 is 25.2 Å². The fraction of sp³-hybridized carbons (Fsp3) is 0.333. The minimum atomic E-state index is -0.322. The fourth-order valence-electron chi connectivity index (χ4n) is 2.06. The third-order valence-corrected chi connectivity index (χ3v) is 3.56. The molecule has 0 radical (unpaired) electrons. The average Bonchev–Trinajstić information content (AvgIpc) is 2.65. The van der Waals surface area contributed by atoms with Crippen molar-refractivity contribution in [1.82, 2.24) is 15.6 Å². The van der Waals surface area contributed by atoms with Crippen molar-refractivity contribution in [2.75, 3.05) is 13.7 Å². The number of nitrogens with one attached hydrogen (secondary N) is 2. The number of carbonyl (C=O) groups is 1. The van der Waals surface area contributed by atoms with Gasteiger partial charge in [0.2, 0.25) is 5.88 Å². The van der Waals surface area contributed by atoms with Crippen LogP contribution in [0.1, 0.15) is 18.9 Å². The molecule has 0 aliphatic rings. The monoisotopic (exact) mass is 345 g/mol. The Bertz CT molecular complexity index is 672.